The fraction of sp³-hybridized carbons (Fsp3) is 0.250. The van der Waals surface area contributed by atoms with Crippen molar-refractivity contribution in [3.8, 4) is 5.75 Å². The summed E-state index contributed by atoms with van der Waals surface area (Å²) in [6.07, 6.45) is 0. The van der Waals surface area contributed by atoms with E-state index in [2.05, 4.69) is 5.32 Å². The predicted molar refractivity (Wildman–Crippen MR) is 131 cm³/mol. The SMILES string of the molecule is COc1ccccc1N1C(=O)[C@@H]2[C@H](C)N[C@@]3(C(=O)N(Cc4ccc(F)cc4)c4ccccc43)[C@@H]2C1=O. The first-order chi connectivity index (χ1) is 17.4. The largest absolute Gasteiger partial charge is 0.495 e. The smallest absolute Gasteiger partial charge is 0.253 e. The van der Waals surface area contributed by atoms with E-state index in [0.717, 1.165) is 5.56 Å². The average Bonchev–Trinajstić information content (AvgIpc) is 3.43. The standard InChI is InChI=1S/C28H24FN3O4/c1-16-23-24(26(34)32(25(23)33)21-9-5-6-10-22(21)36-2)28(30-16)19-7-3-4-8-20(19)31(27(28)35)15-17-11-13-18(29)14-12-17/h3-14,16,23-24,30H,15H2,1-2H3/t16-,23+,24-,28+/m0/s1. The highest BCUT2D eigenvalue weighted by Gasteiger charge is 2.71. The van der Waals surface area contributed by atoms with Gasteiger partial charge in [0.05, 0.1) is 31.2 Å². The molecule has 0 radical (unpaired) electrons. The number of methoxy groups -OCH3 is 1. The molecule has 3 aliphatic heterocycles. The lowest BCUT2D eigenvalue weighted by molar-refractivity contribution is -0.132. The molecule has 0 unspecified atom stereocenters. The summed E-state index contributed by atoms with van der Waals surface area (Å²) in [5, 5.41) is 3.37. The van der Waals surface area contributed by atoms with Gasteiger partial charge in [0.2, 0.25) is 11.8 Å². The number of hydrogen-bond donors (Lipinski definition) is 1. The molecule has 3 heterocycles. The number of nitrogens with zero attached hydrogens (tertiary/aromatic N) is 2. The number of para-hydroxylation sites is 3. The Kier molecular flexibility index (Phi) is 4.98. The highest BCUT2D eigenvalue weighted by molar-refractivity contribution is 6.26. The normalized spacial score (nSPS) is 26.6. The van der Waals surface area contributed by atoms with Crippen LogP contribution in [0.1, 0.15) is 18.1 Å². The van der Waals surface area contributed by atoms with Crippen LogP contribution in [0.4, 0.5) is 15.8 Å². The van der Waals surface area contributed by atoms with Crippen LogP contribution in [0.25, 0.3) is 0 Å². The molecule has 1 spiro atoms. The summed E-state index contributed by atoms with van der Waals surface area (Å²) < 4.78 is 18.9. The number of amides is 3. The second-order valence-corrected chi connectivity index (χ2v) is 9.46. The first kappa shape index (κ1) is 22.4. The van der Waals surface area contributed by atoms with Crippen molar-refractivity contribution in [2.24, 2.45) is 11.8 Å². The Balaban J connectivity index is 1.46. The third kappa shape index (κ3) is 2.91. The summed E-state index contributed by atoms with van der Waals surface area (Å²) in [5.41, 5.74) is 1.07. The molecule has 3 aromatic rings. The highest BCUT2D eigenvalue weighted by atomic mass is 19.1. The van der Waals surface area contributed by atoms with E-state index in [1.807, 2.05) is 31.2 Å². The summed E-state index contributed by atoms with van der Waals surface area (Å²) in [6.45, 7) is 2.05. The topological polar surface area (TPSA) is 79.0 Å². The Bertz CT molecular complexity index is 1410. The van der Waals surface area contributed by atoms with Crippen molar-refractivity contribution >= 4 is 29.1 Å². The highest BCUT2D eigenvalue weighted by Crippen LogP contribution is 2.55. The third-order valence-electron chi connectivity index (χ3n) is 7.59. The van der Waals surface area contributed by atoms with Crippen LogP contribution in [0.3, 0.4) is 0 Å². The summed E-state index contributed by atoms with van der Waals surface area (Å²) in [6, 6.07) is 19.8. The van der Waals surface area contributed by atoms with Crippen LogP contribution in [0.15, 0.2) is 72.8 Å². The lowest BCUT2D eigenvalue weighted by Gasteiger charge is -2.30. The molecule has 3 aromatic carbocycles. The van der Waals surface area contributed by atoms with Gasteiger partial charge in [-0.1, -0.05) is 42.5 Å². The van der Waals surface area contributed by atoms with Gasteiger partial charge in [-0.05, 0) is 42.8 Å². The van der Waals surface area contributed by atoms with E-state index < -0.39 is 29.3 Å². The van der Waals surface area contributed by atoms with Crippen LogP contribution in [-0.2, 0) is 26.5 Å². The van der Waals surface area contributed by atoms with Crippen molar-refractivity contribution < 1.29 is 23.5 Å². The van der Waals surface area contributed by atoms with Gasteiger partial charge >= 0.3 is 0 Å². The summed E-state index contributed by atoms with van der Waals surface area (Å²) in [5.74, 6) is -2.67. The molecule has 3 amide bonds. The van der Waals surface area contributed by atoms with Crippen LogP contribution in [0, 0.1) is 17.7 Å². The summed E-state index contributed by atoms with van der Waals surface area (Å²) >= 11 is 0. The fourth-order valence-electron chi connectivity index (χ4n) is 6.09. The van der Waals surface area contributed by atoms with Crippen LogP contribution in [0.5, 0.6) is 5.75 Å². The molecule has 8 heteroatoms. The van der Waals surface area contributed by atoms with Gasteiger partial charge in [0.1, 0.15) is 17.1 Å². The van der Waals surface area contributed by atoms with E-state index in [4.69, 9.17) is 4.74 Å². The van der Waals surface area contributed by atoms with Gasteiger partial charge in [0, 0.05) is 17.3 Å². The van der Waals surface area contributed by atoms with E-state index in [9.17, 15) is 18.8 Å². The van der Waals surface area contributed by atoms with Gasteiger partial charge in [-0.2, -0.15) is 0 Å². The number of benzene rings is 3. The van der Waals surface area contributed by atoms with Gasteiger partial charge < -0.3 is 9.64 Å². The number of nitrogens with one attached hydrogen (secondary N) is 1. The van der Waals surface area contributed by atoms with Crippen molar-refractivity contribution in [1.82, 2.24) is 5.32 Å². The Hall–Kier alpha value is -4.04. The molecule has 0 bridgehead atoms. The zero-order valence-corrected chi connectivity index (χ0v) is 19.8. The van der Waals surface area contributed by atoms with E-state index in [0.29, 0.717) is 22.7 Å². The number of carbonyl (C=O) groups is 3. The lowest BCUT2D eigenvalue weighted by atomic mass is 9.76. The number of ether oxygens (including phenoxy) is 1. The van der Waals surface area contributed by atoms with Crippen molar-refractivity contribution in [2.45, 2.75) is 25.0 Å². The minimum atomic E-state index is -1.38. The second kappa shape index (κ2) is 7.99. The number of imide groups is 1. The fourth-order valence-corrected chi connectivity index (χ4v) is 6.09. The zero-order chi connectivity index (χ0) is 25.2. The molecule has 7 nitrogen and oxygen atoms in total. The van der Waals surface area contributed by atoms with Gasteiger partial charge in [-0.3, -0.25) is 19.7 Å². The van der Waals surface area contributed by atoms with E-state index >= 15 is 0 Å². The molecule has 0 aliphatic carbocycles. The second-order valence-electron chi connectivity index (χ2n) is 9.46. The number of rotatable bonds is 4. The number of anilines is 2. The summed E-state index contributed by atoms with van der Waals surface area (Å²) in [7, 11) is 1.49. The molecule has 2 fully saturated rings. The molecule has 4 atom stereocenters. The van der Waals surface area contributed by atoms with Crippen LogP contribution in [0.2, 0.25) is 0 Å². The molecule has 6 rings (SSSR count). The first-order valence-corrected chi connectivity index (χ1v) is 11.8. The van der Waals surface area contributed by atoms with E-state index in [1.54, 1.807) is 41.3 Å². The van der Waals surface area contributed by atoms with Gasteiger partial charge in [-0.15, -0.1) is 0 Å². The molecule has 0 aromatic heterocycles. The number of halogens is 1. The number of fused-ring (bicyclic) bond motifs is 4. The zero-order valence-electron chi connectivity index (χ0n) is 19.8. The predicted octanol–water partition coefficient (Wildman–Crippen LogP) is 3.37. The molecule has 1 N–H and O–H groups in total. The van der Waals surface area contributed by atoms with Gasteiger partial charge in [-0.25, -0.2) is 9.29 Å². The van der Waals surface area contributed by atoms with Crippen LogP contribution >= 0.6 is 0 Å². The summed E-state index contributed by atoms with van der Waals surface area (Å²) in [4.78, 5) is 44.8. The van der Waals surface area contributed by atoms with E-state index in [-0.39, 0.29) is 24.2 Å². The number of carbonyl (C=O) groups excluding carboxylic acids is 3. The first-order valence-electron chi connectivity index (χ1n) is 11.8. The monoisotopic (exact) mass is 485 g/mol. The third-order valence-corrected chi connectivity index (χ3v) is 7.59. The minimum absolute atomic E-state index is 0.212. The minimum Gasteiger partial charge on any atom is -0.495 e. The molecule has 182 valence electrons. The molecule has 0 saturated carbocycles. The Morgan fingerprint density at radius 1 is 0.917 bits per heavy atom. The maximum Gasteiger partial charge on any atom is 0.253 e. The van der Waals surface area contributed by atoms with Crippen molar-refractivity contribution in [3.05, 3.63) is 89.7 Å². The number of hydrogen-bond acceptors (Lipinski definition) is 5. The van der Waals surface area contributed by atoms with Crippen molar-refractivity contribution in [1.29, 1.82) is 0 Å². The van der Waals surface area contributed by atoms with Crippen LogP contribution in [-0.4, -0.2) is 30.9 Å². The van der Waals surface area contributed by atoms with Gasteiger partial charge in [0.25, 0.3) is 5.91 Å². The van der Waals surface area contributed by atoms with Crippen molar-refractivity contribution in [3.63, 3.8) is 0 Å². The van der Waals surface area contributed by atoms with Crippen molar-refractivity contribution in [2.75, 3.05) is 16.9 Å². The molecule has 2 saturated heterocycles. The molecule has 36 heavy (non-hydrogen) atoms. The molecular weight excluding hydrogens is 461 g/mol. The molecular formula is C28H24FN3O4. The van der Waals surface area contributed by atoms with Gasteiger partial charge in [0.15, 0.2) is 0 Å². The Morgan fingerprint density at radius 2 is 1.58 bits per heavy atom. The van der Waals surface area contributed by atoms with E-state index in [1.165, 1.54) is 24.1 Å². The van der Waals surface area contributed by atoms with Crippen LogP contribution < -0.4 is 19.9 Å². The average molecular weight is 486 g/mol. The molecule has 3 aliphatic rings. The maximum atomic E-state index is 14.2. The Morgan fingerprint density at radius 3 is 2.31 bits per heavy atom. The maximum absolute atomic E-state index is 14.2. The Labute approximate surface area is 207 Å². The quantitative estimate of drug-likeness (QED) is 0.574. The lowest BCUT2D eigenvalue weighted by Crippen LogP contribution is -2.54.